The van der Waals surface area contributed by atoms with Gasteiger partial charge in [0.15, 0.2) is 0 Å². The molecule has 0 fully saturated rings. The van der Waals surface area contributed by atoms with E-state index in [1.165, 1.54) is 25.7 Å². The van der Waals surface area contributed by atoms with Crippen LogP contribution in [0.3, 0.4) is 0 Å². The van der Waals surface area contributed by atoms with E-state index < -0.39 is 0 Å². The fourth-order valence-electron chi connectivity index (χ4n) is 2.45. The van der Waals surface area contributed by atoms with Crippen LogP contribution in [0.1, 0.15) is 67.2 Å². The molecule has 0 spiro atoms. The van der Waals surface area contributed by atoms with Crippen LogP contribution in [0, 0.1) is 23.7 Å². The normalized spacial score (nSPS) is 18.2. The van der Waals surface area contributed by atoms with Gasteiger partial charge in [-0.2, -0.15) is 0 Å². The monoisotopic (exact) mass is 198 g/mol. The van der Waals surface area contributed by atoms with Crippen molar-refractivity contribution in [3.63, 3.8) is 0 Å². The minimum Gasteiger partial charge on any atom is -0.0654 e. The van der Waals surface area contributed by atoms with Crippen molar-refractivity contribution < 1.29 is 0 Å². The maximum atomic E-state index is 2.43. The molecule has 0 aromatic carbocycles. The lowest BCUT2D eigenvalue weighted by Crippen LogP contribution is -2.13. The summed E-state index contributed by atoms with van der Waals surface area (Å²) in [6, 6.07) is 0. The molecule has 0 N–H and O–H groups in total. The third kappa shape index (κ3) is 6.45. The summed E-state index contributed by atoms with van der Waals surface area (Å²) >= 11 is 0. The molecule has 3 unspecified atom stereocenters. The molecule has 0 saturated heterocycles. The SMILES string of the molecule is CCCC(C)CC(C)C(C)CC(C)C. The van der Waals surface area contributed by atoms with E-state index in [9.17, 15) is 0 Å². The van der Waals surface area contributed by atoms with Crippen molar-refractivity contribution in [3.05, 3.63) is 0 Å². The molecule has 86 valence electrons. The second-order valence-electron chi connectivity index (χ2n) is 5.71. The maximum Gasteiger partial charge on any atom is -0.0414 e. The van der Waals surface area contributed by atoms with Crippen molar-refractivity contribution in [2.24, 2.45) is 23.7 Å². The molecule has 0 saturated carbocycles. The van der Waals surface area contributed by atoms with Gasteiger partial charge >= 0.3 is 0 Å². The van der Waals surface area contributed by atoms with Crippen LogP contribution in [0.25, 0.3) is 0 Å². The van der Waals surface area contributed by atoms with E-state index in [-0.39, 0.29) is 0 Å². The molecule has 0 heterocycles. The van der Waals surface area contributed by atoms with Crippen LogP contribution in [0.2, 0.25) is 0 Å². The van der Waals surface area contributed by atoms with E-state index in [0.29, 0.717) is 0 Å². The van der Waals surface area contributed by atoms with E-state index in [1.807, 2.05) is 0 Å². The highest BCUT2D eigenvalue weighted by atomic mass is 14.2. The van der Waals surface area contributed by atoms with Gasteiger partial charge in [0.1, 0.15) is 0 Å². The van der Waals surface area contributed by atoms with E-state index in [2.05, 4.69) is 41.5 Å². The van der Waals surface area contributed by atoms with Crippen molar-refractivity contribution in [2.75, 3.05) is 0 Å². The Morgan fingerprint density at radius 1 is 0.786 bits per heavy atom. The Morgan fingerprint density at radius 3 is 1.71 bits per heavy atom. The van der Waals surface area contributed by atoms with E-state index in [1.54, 1.807) is 0 Å². The van der Waals surface area contributed by atoms with Crippen molar-refractivity contribution in [2.45, 2.75) is 67.2 Å². The number of hydrogen-bond acceptors (Lipinski definition) is 0. The zero-order valence-corrected chi connectivity index (χ0v) is 11.1. The Balaban J connectivity index is 3.76. The predicted molar refractivity (Wildman–Crippen MR) is 66.5 cm³/mol. The zero-order chi connectivity index (χ0) is 11.1. The van der Waals surface area contributed by atoms with Crippen molar-refractivity contribution in [1.29, 1.82) is 0 Å². The molecular formula is C14H30. The Labute approximate surface area is 91.5 Å². The van der Waals surface area contributed by atoms with Gasteiger partial charge < -0.3 is 0 Å². The summed E-state index contributed by atoms with van der Waals surface area (Å²) in [5, 5.41) is 0. The average Bonchev–Trinajstić information content (AvgIpc) is 2.02. The minimum absolute atomic E-state index is 0.855. The molecule has 0 amide bonds. The summed E-state index contributed by atoms with van der Waals surface area (Å²) in [7, 11) is 0. The Bertz CT molecular complexity index is 126. The minimum atomic E-state index is 0.855. The third-order valence-electron chi connectivity index (χ3n) is 3.37. The lowest BCUT2D eigenvalue weighted by molar-refractivity contribution is 0.269. The van der Waals surface area contributed by atoms with Gasteiger partial charge in [-0.3, -0.25) is 0 Å². The molecule has 0 aromatic rings. The smallest absolute Gasteiger partial charge is 0.0414 e. The molecule has 0 heteroatoms. The molecular weight excluding hydrogens is 168 g/mol. The first-order valence-corrected chi connectivity index (χ1v) is 6.47. The van der Waals surface area contributed by atoms with Crippen LogP contribution in [0.15, 0.2) is 0 Å². The number of rotatable bonds is 7. The Hall–Kier alpha value is 0. The van der Waals surface area contributed by atoms with E-state index >= 15 is 0 Å². The van der Waals surface area contributed by atoms with Crippen molar-refractivity contribution in [1.82, 2.24) is 0 Å². The highest BCUT2D eigenvalue weighted by Crippen LogP contribution is 2.26. The largest absolute Gasteiger partial charge is 0.0654 e. The van der Waals surface area contributed by atoms with Gasteiger partial charge in [0, 0.05) is 0 Å². The van der Waals surface area contributed by atoms with Gasteiger partial charge in [-0.1, -0.05) is 54.4 Å². The van der Waals surface area contributed by atoms with Crippen LogP contribution >= 0.6 is 0 Å². The zero-order valence-electron chi connectivity index (χ0n) is 11.1. The van der Waals surface area contributed by atoms with Gasteiger partial charge in [-0.25, -0.2) is 0 Å². The summed E-state index contributed by atoms with van der Waals surface area (Å²) in [4.78, 5) is 0. The van der Waals surface area contributed by atoms with Crippen LogP contribution in [-0.4, -0.2) is 0 Å². The second kappa shape index (κ2) is 7.31. The molecule has 3 atom stereocenters. The molecule has 0 bridgehead atoms. The summed E-state index contributed by atoms with van der Waals surface area (Å²) in [6.07, 6.45) is 5.55. The quantitative estimate of drug-likeness (QED) is 0.532. The first kappa shape index (κ1) is 14.0. The topological polar surface area (TPSA) is 0 Å². The van der Waals surface area contributed by atoms with Gasteiger partial charge in [0.2, 0.25) is 0 Å². The highest BCUT2D eigenvalue weighted by Gasteiger charge is 2.15. The summed E-state index contributed by atoms with van der Waals surface area (Å²) < 4.78 is 0. The lowest BCUT2D eigenvalue weighted by atomic mass is 9.82. The number of hydrogen-bond donors (Lipinski definition) is 0. The maximum absolute atomic E-state index is 2.43. The highest BCUT2D eigenvalue weighted by molar-refractivity contribution is 4.66. The van der Waals surface area contributed by atoms with Crippen LogP contribution in [0.4, 0.5) is 0 Å². The summed E-state index contributed by atoms with van der Waals surface area (Å²) in [6.45, 7) is 14.2. The molecule has 0 radical (unpaired) electrons. The summed E-state index contributed by atoms with van der Waals surface area (Å²) in [5.41, 5.74) is 0. The van der Waals surface area contributed by atoms with Crippen molar-refractivity contribution in [3.8, 4) is 0 Å². The fraction of sp³-hybridized carbons (Fsp3) is 1.00. The van der Waals surface area contributed by atoms with Gasteiger partial charge in [0.05, 0.1) is 0 Å². The van der Waals surface area contributed by atoms with Crippen LogP contribution in [-0.2, 0) is 0 Å². The van der Waals surface area contributed by atoms with Crippen LogP contribution in [0.5, 0.6) is 0 Å². The molecule has 0 aromatic heterocycles. The van der Waals surface area contributed by atoms with Crippen LogP contribution < -0.4 is 0 Å². The summed E-state index contributed by atoms with van der Waals surface area (Å²) in [5.74, 6) is 3.58. The predicted octanol–water partition coefficient (Wildman–Crippen LogP) is 5.13. The molecule has 14 heavy (non-hydrogen) atoms. The van der Waals surface area contributed by atoms with Gasteiger partial charge in [-0.05, 0) is 36.5 Å². The van der Waals surface area contributed by atoms with E-state index in [4.69, 9.17) is 0 Å². The lowest BCUT2D eigenvalue weighted by Gasteiger charge is -2.24. The van der Waals surface area contributed by atoms with Gasteiger partial charge in [-0.15, -0.1) is 0 Å². The molecule has 0 nitrogen and oxygen atoms in total. The standard InChI is InChI=1S/C14H30/c1-7-8-12(4)10-14(6)13(5)9-11(2)3/h11-14H,7-10H2,1-6H3. The first-order chi connectivity index (χ1) is 6.47. The molecule has 0 aliphatic heterocycles. The molecule has 0 aliphatic carbocycles. The Morgan fingerprint density at radius 2 is 1.29 bits per heavy atom. The first-order valence-electron chi connectivity index (χ1n) is 6.47. The third-order valence-corrected chi connectivity index (χ3v) is 3.37. The average molecular weight is 198 g/mol. The van der Waals surface area contributed by atoms with Crippen molar-refractivity contribution >= 4 is 0 Å². The molecule has 0 aliphatic rings. The molecule has 0 rings (SSSR count). The fourth-order valence-corrected chi connectivity index (χ4v) is 2.45. The van der Waals surface area contributed by atoms with Gasteiger partial charge in [0.25, 0.3) is 0 Å². The second-order valence-corrected chi connectivity index (χ2v) is 5.71. The van der Waals surface area contributed by atoms with E-state index in [0.717, 1.165) is 23.7 Å². The Kier molecular flexibility index (Phi) is 7.31.